The molecule has 1 heterocycles. The van der Waals surface area contributed by atoms with Crippen LogP contribution in [0.2, 0.25) is 0 Å². The SMILES string of the molecule is O=C=NCCCCN1CCC(Cc2ccccc2)CC1. The van der Waals surface area contributed by atoms with E-state index in [0.29, 0.717) is 6.54 Å². The molecule has 20 heavy (non-hydrogen) atoms. The van der Waals surface area contributed by atoms with E-state index >= 15 is 0 Å². The minimum atomic E-state index is 0.633. The Bertz CT molecular complexity index is 418. The Hall–Kier alpha value is -1.44. The van der Waals surface area contributed by atoms with Gasteiger partial charge in [0.2, 0.25) is 6.08 Å². The first kappa shape index (κ1) is 15.0. The summed E-state index contributed by atoms with van der Waals surface area (Å²) in [6, 6.07) is 10.8. The van der Waals surface area contributed by atoms with Crippen LogP contribution in [-0.2, 0) is 11.2 Å². The molecule has 0 aliphatic carbocycles. The van der Waals surface area contributed by atoms with Crippen LogP contribution in [0.1, 0.15) is 31.2 Å². The Morgan fingerprint density at radius 3 is 2.60 bits per heavy atom. The normalized spacial score (nSPS) is 16.8. The summed E-state index contributed by atoms with van der Waals surface area (Å²) >= 11 is 0. The third kappa shape index (κ3) is 5.28. The lowest BCUT2D eigenvalue weighted by Gasteiger charge is -2.32. The van der Waals surface area contributed by atoms with E-state index < -0.39 is 0 Å². The molecule has 0 aromatic heterocycles. The molecule has 0 N–H and O–H groups in total. The average molecular weight is 272 g/mol. The molecule has 108 valence electrons. The van der Waals surface area contributed by atoms with Gasteiger partial charge in [0.05, 0.1) is 6.54 Å². The van der Waals surface area contributed by atoms with E-state index in [-0.39, 0.29) is 0 Å². The Balaban J connectivity index is 1.61. The predicted octanol–water partition coefficient (Wildman–Crippen LogP) is 3.06. The molecule has 3 nitrogen and oxygen atoms in total. The molecule has 1 aromatic carbocycles. The zero-order valence-corrected chi connectivity index (χ0v) is 12.1. The van der Waals surface area contributed by atoms with Crippen LogP contribution >= 0.6 is 0 Å². The molecule has 0 bridgehead atoms. The lowest BCUT2D eigenvalue weighted by atomic mass is 9.90. The molecular formula is C17H24N2O. The fourth-order valence-electron chi connectivity index (χ4n) is 2.93. The summed E-state index contributed by atoms with van der Waals surface area (Å²) in [5.41, 5.74) is 1.47. The number of hydrogen-bond donors (Lipinski definition) is 0. The number of piperidine rings is 1. The maximum absolute atomic E-state index is 9.95. The van der Waals surface area contributed by atoms with Gasteiger partial charge in [-0.3, -0.25) is 0 Å². The number of nitrogens with zero attached hydrogens (tertiary/aromatic N) is 2. The topological polar surface area (TPSA) is 32.7 Å². The summed E-state index contributed by atoms with van der Waals surface area (Å²) in [5.74, 6) is 0.841. The first-order valence-electron chi connectivity index (χ1n) is 7.68. The van der Waals surface area contributed by atoms with Crippen molar-refractivity contribution in [3.05, 3.63) is 35.9 Å². The molecule has 1 aromatic rings. The van der Waals surface area contributed by atoms with E-state index in [9.17, 15) is 4.79 Å². The van der Waals surface area contributed by atoms with Crippen molar-refractivity contribution in [2.75, 3.05) is 26.2 Å². The molecule has 0 amide bonds. The van der Waals surface area contributed by atoms with Gasteiger partial charge in [-0.15, -0.1) is 0 Å². The molecule has 2 rings (SSSR count). The van der Waals surface area contributed by atoms with Crippen molar-refractivity contribution in [1.29, 1.82) is 0 Å². The van der Waals surface area contributed by atoms with Gasteiger partial charge in [0.15, 0.2) is 0 Å². The van der Waals surface area contributed by atoms with Crippen LogP contribution in [0.4, 0.5) is 0 Å². The number of hydrogen-bond acceptors (Lipinski definition) is 3. The van der Waals surface area contributed by atoms with E-state index in [0.717, 1.165) is 25.3 Å². The summed E-state index contributed by atoms with van der Waals surface area (Å²) in [6.07, 6.45) is 7.57. The van der Waals surface area contributed by atoms with Crippen LogP contribution in [0, 0.1) is 5.92 Å². The molecule has 0 saturated carbocycles. The zero-order chi connectivity index (χ0) is 14.0. The zero-order valence-electron chi connectivity index (χ0n) is 12.1. The van der Waals surface area contributed by atoms with Gasteiger partial charge in [0.25, 0.3) is 0 Å². The van der Waals surface area contributed by atoms with Gasteiger partial charge in [-0.05, 0) is 63.2 Å². The predicted molar refractivity (Wildman–Crippen MR) is 81.5 cm³/mol. The van der Waals surface area contributed by atoms with Crippen molar-refractivity contribution >= 4 is 6.08 Å². The summed E-state index contributed by atoms with van der Waals surface area (Å²) in [7, 11) is 0. The minimum Gasteiger partial charge on any atom is -0.303 e. The van der Waals surface area contributed by atoms with Crippen LogP contribution in [-0.4, -0.2) is 37.2 Å². The molecule has 1 saturated heterocycles. The Kier molecular flexibility index (Phi) is 6.49. The van der Waals surface area contributed by atoms with Gasteiger partial charge >= 0.3 is 0 Å². The minimum absolute atomic E-state index is 0.633. The Morgan fingerprint density at radius 2 is 1.90 bits per heavy atom. The number of benzene rings is 1. The summed E-state index contributed by atoms with van der Waals surface area (Å²) in [4.78, 5) is 16.1. The molecule has 0 atom stereocenters. The number of rotatable bonds is 7. The molecule has 0 spiro atoms. The van der Waals surface area contributed by atoms with Crippen LogP contribution < -0.4 is 0 Å². The van der Waals surface area contributed by atoms with Gasteiger partial charge < -0.3 is 4.90 Å². The second-order valence-electron chi connectivity index (χ2n) is 5.65. The number of likely N-dealkylation sites (tertiary alicyclic amines) is 1. The Morgan fingerprint density at radius 1 is 1.15 bits per heavy atom. The molecule has 0 radical (unpaired) electrons. The van der Waals surface area contributed by atoms with Crippen LogP contribution in [0.5, 0.6) is 0 Å². The smallest absolute Gasteiger partial charge is 0.234 e. The standard InChI is InChI=1S/C17H24N2O/c20-15-18-10-4-5-11-19-12-8-17(9-13-19)14-16-6-2-1-3-7-16/h1-3,6-7,17H,4-5,8-14H2. The highest BCUT2D eigenvalue weighted by molar-refractivity contribution is 5.32. The molecule has 1 aliphatic rings. The van der Waals surface area contributed by atoms with Crippen LogP contribution in [0.15, 0.2) is 35.3 Å². The molecule has 0 unspecified atom stereocenters. The summed E-state index contributed by atoms with van der Waals surface area (Å²) in [6.45, 7) is 4.21. The third-order valence-corrected chi connectivity index (χ3v) is 4.13. The first-order valence-corrected chi connectivity index (χ1v) is 7.68. The van der Waals surface area contributed by atoms with Gasteiger partial charge in [-0.1, -0.05) is 30.3 Å². The number of isocyanates is 1. The highest BCUT2D eigenvalue weighted by Gasteiger charge is 2.18. The van der Waals surface area contributed by atoms with Crippen molar-refractivity contribution < 1.29 is 4.79 Å². The number of carbonyl (C=O) groups excluding carboxylic acids is 1. The highest BCUT2D eigenvalue weighted by atomic mass is 16.1. The maximum Gasteiger partial charge on any atom is 0.234 e. The molecule has 1 aliphatic heterocycles. The fourth-order valence-corrected chi connectivity index (χ4v) is 2.93. The summed E-state index contributed by atoms with van der Waals surface area (Å²) in [5, 5.41) is 0. The van der Waals surface area contributed by atoms with Crippen LogP contribution in [0.25, 0.3) is 0 Å². The maximum atomic E-state index is 9.95. The molecule has 3 heteroatoms. The second-order valence-corrected chi connectivity index (χ2v) is 5.65. The van der Waals surface area contributed by atoms with E-state index in [1.807, 2.05) is 0 Å². The van der Waals surface area contributed by atoms with E-state index in [4.69, 9.17) is 0 Å². The van der Waals surface area contributed by atoms with Gasteiger partial charge in [0.1, 0.15) is 0 Å². The van der Waals surface area contributed by atoms with Crippen molar-refractivity contribution in [3.63, 3.8) is 0 Å². The number of aliphatic imine (C=N–C) groups is 1. The van der Waals surface area contributed by atoms with Crippen LogP contribution in [0.3, 0.4) is 0 Å². The second kappa shape index (κ2) is 8.68. The number of unbranched alkanes of at least 4 members (excludes halogenated alkanes) is 1. The van der Waals surface area contributed by atoms with Crippen molar-refractivity contribution in [3.8, 4) is 0 Å². The van der Waals surface area contributed by atoms with E-state index in [2.05, 4.69) is 40.2 Å². The first-order chi connectivity index (χ1) is 9.88. The molecule has 1 fully saturated rings. The fraction of sp³-hybridized carbons (Fsp3) is 0.588. The molecular weight excluding hydrogens is 248 g/mol. The van der Waals surface area contributed by atoms with Gasteiger partial charge in [-0.2, -0.15) is 0 Å². The Labute approximate surface area is 121 Å². The third-order valence-electron chi connectivity index (χ3n) is 4.13. The largest absolute Gasteiger partial charge is 0.303 e. The lowest BCUT2D eigenvalue weighted by molar-refractivity contribution is 0.181. The van der Waals surface area contributed by atoms with Crippen molar-refractivity contribution in [1.82, 2.24) is 4.90 Å². The van der Waals surface area contributed by atoms with Crippen molar-refractivity contribution in [2.24, 2.45) is 10.9 Å². The monoisotopic (exact) mass is 272 g/mol. The lowest BCUT2D eigenvalue weighted by Crippen LogP contribution is -2.35. The van der Waals surface area contributed by atoms with E-state index in [1.54, 1.807) is 6.08 Å². The quantitative estimate of drug-likeness (QED) is 0.434. The van der Waals surface area contributed by atoms with E-state index in [1.165, 1.54) is 37.9 Å². The van der Waals surface area contributed by atoms with Crippen molar-refractivity contribution in [2.45, 2.75) is 32.1 Å². The van der Waals surface area contributed by atoms with Gasteiger partial charge in [-0.25, -0.2) is 9.79 Å². The van der Waals surface area contributed by atoms with Gasteiger partial charge in [0, 0.05) is 0 Å². The highest BCUT2D eigenvalue weighted by Crippen LogP contribution is 2.21. The summed E-state index contributed by atoms with van der Waals surface area (Å²) < 4.78 is 0. The average Bonchev–Trinajstić information content (AvgIpc) is 2.50.